The summed E-state index contributed by atoms with van der Waals surface area (Å²) in [5.41, 5.74) is -0.301. The van der Waals surface area contributed by atoms with E-state index >= 15 is 0 Å². The van der Waals surface area contributed by atoms with E-state index in [1.54, 1.807) is 0 Å². The van der Waals surface area contributed by atoms with Crippen LogP contribution in [-0.2, 0) is 15.2 Å². The first-order valence-corrected chi connectivity index (χ1v) is 8.19. The molecule has 0 saturated heterocycles. The summed E-state index contributed by atoms with van der Waals surface area (Å²) in [4.78, 5) is -0.218. The van der Waals surface area contributed by atoms with Gasteiger partial charge < -0.3 is 0 Å². The molecule has 2 aromatic carbocycles. The summed E-state index contributed by atoms with van der Waals surface area (Å²) in [6.45, 7) is 0. The fraction of sp³-hybridized carbons (Fsp3) is 0.0769. The molecule has 0 aliphatic heterocycles. The molecule has 0 amide bonds. The van der Waals surface area contributed by atoms with Crippen molar-refractivity contribution in [2.75, 3.05) is 0 Å². The summed E-state index contributed by atoms with van der Waals surface area (Å²) < 4.78 is 60.4. The quantitative estimate of drug-likeness (QED) is 0.714. The molecule has 0 heterocycles. The highest BCUT2D eigenvalue weighted by molar-refractivity contribution is 8.13. The Bertz CT molecular complexity index is 786. The zero-order chi connectivity index (χ0) is 15.8. The fourth-order valence-corrected chi connectivity index (χ4v) is 2.88. The van der Waals surface area contributed by atoms with Gasteiger partial charge in [0.25, 0.3) is 9.05 Å². The van der Waals surface area contributed by atoms with Crippen LogP contribution in [0.4, 0.5) is 13.2 Å². The van der Waals surface area contributed by atoms with Crippen molar-refractivity contribution in [3.05, 3.63) is 53.1 Å². The molecule has 0 aliphatic rings. The van der Waals surface area contributed by atoms with E-state index in [0.29, 0.717) is 0 Å². The minimum absolute atomic E-state index is 0.00366. The lowest BCUT2D eigenvalue weighted by molar-refractivity contribution is -0.137. The van der Waals surface area contributed by atoms with Crippen LogP contribution in [0.1, 0.15) is 5.56 Å². The maximum Gasteiger partial charge on any atom is 0.416 e. The van der Waals surface area contributed by atoms with E-state index in [1.807, 2.05) is 0 Å². The van der Waals surface area contributed by atoms with Gasteiger partial charge in [0.1, 0.15) is 0 Å². The number of halogens is 5. The SMILES string of the molecule is O=S(=O)(Cl)c1ccc(-c2cccc(C(F)(F)F)c2)c(Cl)c1. The highest BCUT2D eigenvalue weighted by Gasteiger charge is 2.30. The van der Waals surface area contributed by atoms with Crippen molar-refractivity contribution in [1.29, 1.82) is 0 Å². The van der Waals surface area contributed by atoms with Crippen LogP contribution < -0.4 is 0 Å². The van der Waals surface area contributed by atoms with Crippen molar-refractivity contribution >= 4 is 31.3 Å². The zero-order valence-electron chi connectivity index (χ0n) is 10.2. The first-order valence-electron chi connectivity index (χ1n) is 5.51. The lowest BCUT2D eigenvalue weighted by Crippen LogP contribution is -2.04. The van der Waals surface area contributed by atoms with Crippen molar-refractivity contribution in [2.24, 2.45) is 0 Å². The van der Waals surface area contributed by atoms with E-state index in [2.05, 4.69) is 0 Å². The van der Waals surface area contributed by atoms with Crippen molar-refractivity contribution in [1.82, 2.24) is 0 Å². The molecule has 2 aromatic rings. The minimum atomic E-state index is -4.47. The third kappa shape index (κ3) is 3.70. The van der Waals surface area contributed by atoms with Gasteiger partial charge in [-0.1, -0.05) is 29.8 Å². The predicted octanol–water partition coefficient (Wildman–Crippen LogP) is 4.95. The molecule has 0 aromatic heterocycles. The Labute approximate surface area is 128 Å². The monoisotopic (exact) mass is 354 g/mol. The molecule has 2 nitrogen and oxygen atoms in total. The summed E-state index contributed by atoms with van der Waals surface area (Å²) in [7, 11) is 1.23. The van der Waals surface area contributed by atoms with Gasteiger partial charge in [-0.15, -0.1) is 0 Å². The molecule has 0 saturated carbocycles. The number of rotatable bonds is 2. The second kappa shape index (κ2) is 5.51. The van der Waals surface area contributed by atoms with Gasteiger partial charge >= 0.3 is 6.18 Å². The van der Waals surface area contributed by atoms with Gasteiger partial charge in [-0.3, -0.25) is 0 Å². The van der Waals surface area contributed by atoms with Gasteiger partial charge in [-0.2, -0.15) is 13.2 Å². The lowest BCUT2D eigenvalue weighted by atomic mass is 10.0. The second-order valence-electron chi connectivity index (χ2n) is 4.16. The molecule has 0 atom stereocenters. The molecular weight excluding hydrogens is 348 g/mol. The molecule has 112 valence electrons. The third-order valence-electron chi connectivity index (χ3n) is 2.72. The minimum Gasteiger partial charge on any atom is -0.207 e. The van der Waals surface area contributed by atoms with Gasteiger partial charge in [0.15, 0.2) is 0 Å². The van der Waals surface area contributed by atoms with E-state index in [4.69, 9.17) is 22.3 Å². The summed E-state index contributed by atoms with van der Waals surface area (Å²) >= 11 is 5.93. The average Bonchev–Trinajstić information content (AvgIpc) is 2.36. The van der Waals surface area contributed by atoms with Crippen LogP contribution in [0.25, 0.3) is 11.1 Å². The largest absolute Gasteiger partial charge is 0.416 e. The smallest absolute Gasteiger partial charge is 0.207 e. The van der Waals surface area contributed by atoms with Crippen LogP contribution in [0.3, 0.4) is 0 Å². The summed E-state index contributed by atoms with van der Waals surface area (Å²) in [6, 6.07) is 8.17. The molecule has 8 heteroatoms. The topological polar surface area (TPSA) is 34.1 Å². The summed E-state index contributed by atoms with van der Waals surface area (Å²) in [5.74, 6) is 0. The number of hydrogen-bond acceptors (Lipinski definition) is 2. The normalized spacial score (nSPS) is 12.4. The molecule has 0 N–H and O–H groups in total. The van der Waals surface area contributed by atoms with Gasteiger partial charge in [-0.05, 0) is 29.8 Å². The zero-order valence-corrected chi connectivity index (χ0v) is 12.5. The molecule has 21 heavy (non-hydrogen) atoms. The maximum atomic E-state index is 12.7. The van der Waals surface area contributed by atoms with E-state index in [9.17, 15) is 21.6 Å². The predicted molar refractivity (Wildman–Crippen MR) is 74.9 cm³/mol. The Balaban J connectivity index is 2.53. The molecule has 0 fully saturated rings. The highest BCUT2D eigenvalue weighted by atomic mass is 35.7. The maximum absolute atomic E-state index is 12.7. The lowest BCUT2D eigenvalue weighted by Gasteiger charge is -2.10. The number of benzene rings is 2. The molecule has 2 rings (SSSR count). The van der Waals surface area contributed by atoms with Crippen molar-refractivity contribution in [3.63, 3.8) is 0 Å². The van der Waals surface area contributed by atoms with E-state index in [0.717, 1.165) is 18.2 Å². The summed E-state index contributed by atoms with van der Waals surface area (Å²) in [6.07, 6.45) is -4.47. The van der Waals surface area contributed by atoms with Gasteiger partial charge in [0, 0.05) is 21.3 Å². The van der Waals surface area contributed by atoms with Gasteiger partial charge in [-0.25, -0.2) is 8.42 Å². The average molecular weight is 355 g/mol. The van der Waals surface area contributed by atoms with Crippen LogP contribution in [0, 0.1) is 0 Å². The molecule has 0 bridgehead atoms. The van der Waals surface area contributed by atoms with Crippen molar-refractivity contribution in [2.45, 2.75) is 11.1 Å². The molecule has 0 aliphatic carbocycles. The van der Waals surface area contributed by atoms with Gasteiger partial charge in [0.2, 0.25) is 0 Å². The van der Waals surface area contributed by atoms with Crippen LogP contribution in [0.2, 0.25) is 5.02 Å². The molecule has 0 radical (unpaired) electrons. The van der Waals surface area contributed by atoms with E-state index < -0.39 is 20.8 Å². The molecular formula is C13H7Cl2F3O2S. The Kier molecular flexibility index (Phi) is 4.24. The van der Waals surface area contributed by atoms with Crippen LogP contribution in [-0.4, -0.2) is 8.42 Å². The van der Waals surface area contributed by atoms with Crippen LogP contribution in [0.15, 0.2) is 47.4 Å². The van der Waals surface area contributed by atoms with Crippen molar-refractivity contribution in [3.8, 4) is 11.1 Å². The third-order valence-corrected chi connectivity index (χ3v) is 4.39. The highest BCUT2D eigenvalue weighted by Crippen LogP contribution is 2.35. The van der Waals surface area contributed by atoms with Crippen LogP contribution >= 0.6 is 22.3 Å². The number of hydrogen-bond donors (Lipinski definition) is 0. The van der Waals surface area contributed by atoms with E-state index in [1.165, 1.54) is 24.3 Å². The first kappa shape index (κ1) is 16.1. The molecule has 0 unspecified atom stereocenters. The first-order chi connectivity index (χ1) is 9.59. The Morgan fingerprint density at radius 1 is 1.00 bits per heavy atom. The van der Waals surface area contributed by atoms with E-state index in [-0.39, 0.29) is 21.0 Å². The van der Waals surface area contributed by atoms with Gasteiger partial charge in [0.05, 0.1) is 10.5 Å². The standard InChI is InChI=1S/C13H7Cl2F3O2S/c14-12-7-10(21(15,19)20)4-5-11(12)8-2-1-3-9(6-8)13(16,17)18/h1-7H. The Morgan fingerprint density at radius 3 is 2.19 bits per heavy atom. The van der Waals surface area contributed by atoms with Crippen LogP contribution in [0.5, 0.6) is 0 Å². The Morgan fingerprint density at radius 2 is 1.67 bits per heavy atom. The second-order valence-corrected chi connectivity index (χ2v) is 7.13. The fourth-order valence-electron chi connectivity index (χ4n) is 1.74. The number of alkyl halides is 3. The van der Waals surface area contributed by atoms with Crippen molar-refractivity contribution < 1.29 is 21.6 Å². The Hall–Kier alpha value is -1.24. The summed E-state index contributed by atoms with van der Waals surface area (Å²) in [5, 5.41) is -0.00366. The molecule has 0 spiro atoms.